The van der Waals surface area contributed by atoms with Crippen molar-refractivity contribution >= 4 is 5.71 Å². The van der Waals surface area contributed by atoms with Crippen LogP contribution in [-0.2, 0) is 0 Å². The standard InChI is InChI=1S/C13H24N2/c1-5-6-7-11(4)14-15-13(10(2)3)12-8-9-12/h12,15H,5-9H2,1-4H3/b14-11+. The smallest absolute Gasteiger partial charge is 0.0353 e. The molecule has 0 atom stereocenters. The molecule has 1 rings (SSSR count). The van der Waals surface area contributed by atoms with Gasteiger partial charge in [-0.05, 0) is 46.5 Å². The van der Waals surface area contributed by atoms with Crippen molar-refractivity contribution in [1.82, 2.24) is 5.43 Å². The molecule has 2 heteroatoms. The predicted octanol–water partition coefficient (Wildman–Crippen LogP) is 3.85. The van der Waals surface area contributed by atoms with Crippen LogP contribution in [-0.4, -0.2) is 5.71 Å². The topological polar surface area (TPSA) is 24.4 Å². The lowest BCUT2D eigenvalue weighted by molar-refractivity contribution is 0.757. The van der Waals surface area contributed by atoms with E-state index in [0.29, 0.717) is 0 Å². The summed E-state index contributed by atoms with van der Waals surface area (Å²) in [6, 6.07) is 0. The van der Waals surface area contributed by atoms with E-state index in [1.54, 1.807) is 0 Å². The molecule has 0 heterocycles. The van der Waals surface area contributed by atoms with Crippen molar-refractivity contribution in [2.75, 3.05) is 0 Å². The molecular weight excluding hydrogens is 184 g/mol. The van der Waals surface area contributed by atoms with Crippen molar-refractivity contribution in [2.45, 2.75) is 59.8 Å². The molecule has 15 heavy (non-hydrogen) atoms. The second kappa shape index (κ2) is 5.94. The first-order valence-corrected chi connectivity index (χ1v) is 6.11. The molecule has 0 spiro atoms. The quantitative estimate of drug-likeness (QED) is 0.520. The minimum absolute atomic E-state index is 0.762. The summed E-state index contributed by atoms with van der Waals surface area (Å²) in [5.74, 6) is 0.762. The molecule has 0 aromatic heterocycles. The van der Waals surface area contributed by atoms with E-state index < -0.39 is 0 Å². The third-order valence-electron chi connectivity index (χ3n) is 2.78. The van der Waals surface area contributed by atoms with E-state index in [2.05, 4.69) is 38.2 Å². The molecule has 1 N–H and O–H groups in total. The second-order valence-electron chi connectivity index (χ2n) is 4.75. The fourth-order valence-corrected chi connectivity index (χ4v) is 1.63. The second-order valence-corrected chi connectivity index (χ2v) is 4.75. The molecule has 0 aliphatic heterocycles. The summed E-state index contributed by atoms with van der Waals surface area (Å²) in [7, 11) is 0. The Morgan fingerprint density at radius 1 is 1.27 bits per heavy atom. The zero-order valence-electron chi connectivity index (χ0n) is 10.6. The van der Waals surface area contributed by atoms with Gasteiger partial charge in [0.1, 0.15) is 0 Å². The molecule has 0 radical (unpaired) electrons. The van der Waals surface area contributed by atoms with Crippen LogP contribution < -0.4 is 5.43 Å². The molecule has 1 fully saturated rings. The van der Waals surface area contributed by atoms with E-state index in [4.69, 9.17) is 0 Å². The highest BCUT2D eigenvalue weighted by molar-refractivity contribution is 5.81. The number of unbranched alkanes of at least 4 members (excludes halogenated alkanes) is 1. The molecule has 0 aromatic carbocycles. The lowest BCUT2D eigenvalue weighted by Crippen LogP contribution is -2.11. The first kappa shape index (κ1) is 12.3. The molecule has 0 aromatic rings. The van der Waals surface area contributed by atoms with Crippen molar-refractivity contribution in [1.29, 1.82) is 0 Å². The number of rotatable bonds is 6. The van der Waals surface area contributed by atoms with Gasteiger partial charge in [-0.1, -0.05) is 18.9 Å². The van der Waals surface area contributed by atoms with Crippen LogP contribution in [0.5, 0.6) is 0 Å². The summed E-state index contributed by atoms with van der Waals surface area (Å²) >= 11 is 0. The lowest BCUT2D eigenvalue weighted by Gasteiger charge is -2.08. The molecule has 2 nitrogen and oxygen atoms in total. The summed E-state index contributed by atoms with van der Waals surface area (Å²) in [6.07, 6.45) is 6.26. The van der Waals surface area contributed by atoms with Crippen LogP contribution in [0.15, 0.2) is 16.4 Å². The maximum Gasteiger partial charge on any atom is 0.0353 e. The Bertz CT molecular complexity index is 256. The van der Waals surface area contributed by atoms with Gasteiger partial charge in [0.05, 0.1) is 0 Å². The number of allylic oxidation sites excluding steroid dienone is 2. The summed E-state index contributed by atoms with van der Waals surface area (Å²) in [4.78, 5) is 0. The first-order valence-electron chi connectivity index (χ1n) is 6.11. The zero-order valence-corrected chi connectivity index (χ0v) is 10.6. The van der Waals surface area contributed by atoms with E-state index >= 15 is 0 Å². The van der Waals surface area contributed by atoms with Crippen LogP contribution in [0.25, 0.3) is 0 Å². The van der Waals surface area contributed by atoms with Gasteiger partial charge in [0.2, 0.25) is 0 Å². The van der Waals surface area contributed by atoms with E-state index in [9.17, 15) is 0 Å². The van der Waals surface area contributed by atoms with Crippen LogP contribution in [0.3, 0.4) is 0 Å². The Labute approximate surface area is 93.8 Å². The van der Waals surface area contributed by atoms with E-state index in [-0.39, 0.29) is 0 Å². The highest BCUT2D eigenvalue weighted by Gasteiger charge is 2.26. The number of hydrogen-bond acceptors (Lipinski definition) is 2. The molecule has 0 bridgehead atoms. The van der Waals surface area contributed by atoms with Gasteiger partial charge in [0, 0.05) is 17.3 Å². The highest BCUT2D eigenvalue weighted by atomic mass is 15.3. The van der Waals surface area contributed by atoms with Gasteiger partial charge in [0.25, 0.3) is 0 Å². The van der Waals surface area contributed by atoms with Gasteiger partial charge in [-0.2, -0.15) is 5.10 Å². The summed E-state index contributed by atoms with van der Waals surface area (Å²) in [5, 5.41) is 4.45. The fourth-order valence-electron chi connectivity index (χ4n) is 1.63. The van der Waals surface area contributed by atoms with Crippen LogP contribution in [0.1, 0.15) is 59.8 Å². The zero-order chi connectivity index (χ0) is 11.3. The van der Waals surface area contributed by atoms with Gasteiger partial charge in [-0.15, -0.1) is 0 Å². The van der Waals surface area contributed by atoms with Crippen molar-refractivity contribution in [2.24, 2.45) is 11.0 Å². The van der Waals surface area contributed by atoms with E-state index in [1.165, 1.54) is 42.7 Å². The maximum absolute atomic E-state index is 4.45. The maximum atomic E-state index is 4.45. The van der Waals surface area contributed by atoms with Gasteiger partial charge < -0.3 is 0 Å². The summed E-state index contributed by atoms with van der Waals surface area (Å²) < 4.78 is 0. The first-order chi connectivity index (χ1) is 7.15. The fraction of sp³-hybridized carbons (Fsp3) is 0.769. The van der Waals surface area contributed by atoms with E-state index in [0.717, 1.165) is 12.3 Å². The Hall–Kier alpha value is -0.790. The van der Waals surface area contributed by atoms with Gasteiger partial charge >= 0.3 is 0 Å². The average Bonchev–Trinajstić information content (AvgIpc) is 2.98. The Morgan fingerprint density at radius 2 is 1.93 bits per heavy atom. The molecule has 1 saturated carbocycles. The monoisotopic (exact) mass is 208 g/mol. The lowest BCUT2D eigenvalue weighted by atomic mass is 10.2. The molecule has 1 aliphatic carbocycles. The van der Waals surface area contributed by atoms with Crippen LogP contribution in [0.2, 0.25) is 0 Å². The predicted molar refractivity (Wildman–Crippen MR) is 66.9 cm³/mol. The van der Waals surface area contributed by atoms with Gasteiger partial charge in [-0.25, -0.2) is 0 Å². The Kier molecular flexibility index (Phi) is 4.86. The third-order valence-corrected chi connectivity index (χ3v) is 2.78. The number of nitrogens with zero attached hydrogens (tertiary/aromatic N) is 1. The SMILES string of the molecule is CCCC/C(C)=N/NC(=C(C)C)C1CC1. The van der Waals surface area contributed by atoms with Crippen molar-refractivity contribution in [3.05, 3.63) is 11.3 Å². The largest absolute Gasteiger partial charge is 0.282 e. The average molecular weight is 208 g/mol. The minimum atomic E-state index is 0.762. The van der Waals surface area contributed by atoms with Crippen molar-refractivity contribution in [3.63, 3.8) is 0 Å². The third kappa shape index (κ3) is 4.50. The molecule has 0 saturated heterocycles. The molecule has 1 aliphatic rings. The van der Waals surface area contributed by atoms with Gasteiger partial charge in [0.15, 0.2) is 0 Å². The van der Waals surface area contributed by atoms with Crippen molar-refractivity contribution in [3.8, 4) is 0 Å². The molecular formula is C13H24N2. The van der Waals surface area contributed by atoms with Gasteiger partial charge in [-0.3, -0.25) is 5.43 Å². The van der Waals surface area contributed by atoms with Crippen LogP contribution in [0, 0.1) is 5.92 Å². The number of hydrogen-bond donors (Lipinski definition) is 1. The van der Waals surface area contributed by atoms with Crippen LogP contribution >= 0.6 is 0 Å². The summed E-state index contributed by atoms with van der Waals surface area (Å²) in [5.41, 5.74) is 7.21. The van der Waals surface area contributed by atoms with Crippen molar-refractivity contribution < 1.29 is 0 Å². The van der Waals surface area contributed by atoms with Crippen LogP contribution in [0.4, 0.5) is 0 Å². The normalized spacial score (nSPS) is 16.4. The Morgan fingerprint density at radius 3 is 2.40 bits per heavy atom. The molecule has 0 unspecified atom stereocenters. The van der Waals surface area contributed by atoms with E-state index in [1.807, 2.05) is 0 Å². The highest BCUT2D eigenvalue weighted by Crippen LogP contribution is 2.36. The number of nitrogens with one attached hydrogen (secondary N) is 1. The summed E-state index contributed by atoms with van der Waals surface area (Å²) in [6.45, 7) is 8.65. The number of hydrazone groups is 1. The minimum Gasteiger partial charge on any atom is -0.282 e. The molecule has 86 valence electrons. The molecule has 0 amide bonds. The Balaban J connectivity index is 2.42.